The average molecular weight is 349 g/mol. The van der Waals surface area contributed by atoms with Crippen LogP contribution in [-0.2, 0) is 0 Å². The third kappa shape index (κ3) is 5.87. The van der Waals surface area contributed by atoms with E-state index in [2.05, 4.69) is 76.8 Å². The Labute approximate surface area is 161 Å². The second-order valence-corrected chi connectivity index (χ2v) is 7.71. The Morgan fingerprint density at radius 3 is 2.27 bits per heavy atom. The Morgan fingerprint density at radius 2 is 1.69 bits per heavy atom. The van der Waals surface area contributed by atoms with E-state index in [0.717, 1.165) is 12.8 Å². The van der Waals surface area contributed by atoms with Crippen molar-refractivity contribution < 1.29 is 0 Å². The summed E-state index contributed by atoms with van der Waals surface area (Å²) in [5.41, 5.74) is 8.16. The van der Waals surface area contributed by atoms with Gasteiger partial charge in [-0.2, -0.15) is 0 Å². The van der Waals surface area contributed by atoms with Gasteiger partial charge in [0.25, 0.3) is 0 Å². The van der Waals surface area contributed by atoms with Crippen LogP contribution in [0.1, 0.15) is 76.8 Å². The molecule has 0 amide bonds. The van der Waals surface area contributed by atoms with Crippen molar-refractivity contribution >= 4 is 5.57 Å². The summed E-state index contributed by atoms with van der Waals surface area (Å²) in [6.07, 6.45) is 16.0. The zero-order valence-electron chi connectivity index (χ0n) is 17.3. The van der Waals surface area contributed by atoms with Gasteiger partial charge in [-0.25, -0.2) is 0 Å². The van der Waals surface area contributed by atoms with E-state index in [1.54, 1.807) is 0 Å². The third-order valence-corrected chi connectivity index (χ3v) is 5.50. The van der Waals surface area contributed by atoms with Crippen LogP contribution in [0.5, 0.6) is 0 Å². The molecule has 0 spiro atoms. The smallest absolute Gasteiger partial charge is 0.0159 e. The zero-order valence-corrected chi connectivity index (χ0v) is 17.3. The lowest BCUT2D eigenvalue weighted by Crippen LogP contribution is -2.10. The summed E-state index contributed by atoms with van der Waals surface area (Å²) < 4.78 is 0. The lowest BCUT2D eigenvalue weighted by molar-refractivity contribution is 0.406. The van der Waals surface area contributed by atoms with Gasteiger partial charge < -0.3 is 0 Å². The van der Waals surface area contributed by atoms with Crippen molar-refractivity contribution in [3.63, 3.8) is 0 Å². The van der Waals surface area contributed by atoms with Gasteiger partial charge >= 0.3 is 0 Å². The second-order valence-electron chi connectivity index (χ2n) is 7.71. The van der Waals surface area contributed by atoms with E-state index < -0.39 is 0 Å². The highest BCUT2D eigenvalue weighted by Crippen LogP contribution is 2.36. The van der Waals surface area contributed by atoms with Crippen LogP contribution in [0.3, 0.4) is 0 Å². The number of hydrogen-bond acceptors (Lipinski definition) is 0. The maximum atomic E-state index is 4.21. The summed E-state index contributed by atoms with van der Waals surface area (Å²) in [7, 11) is 0. The number of benzene rings is 1. The van der Waals surface area contributed by atoms with Crippen LogP contribution in [-0.4, -0.2) is 0 Å². The van der Waals surface area contributed by atoms with E-state index in [4.69, 9.17) is 0 Å². The standard InChI is InChI=1S/C26H36/c1-6-11-25(23-16-14-21(4)15-17-23)19-26(22(5)18-20(3)7-2)24-12-9-8-10-13-24/h11,14-19,24H,3,6-10,12-13H2,1-2,4-5H3/b22-18+,25-11+,26-19+. The molecule has 26 heavy (non-hydrogen) atoms. The van der Waals surface area contributed by atoms with Crippen molar-refractivity contribution in [3.8, 4) is 0 Å². The molecule has 1 aromatic carbocycles. The summed E-state index contributed by atoms with van der Waals surface area (Å²) in [4.78, 5) is 0. The molecule has 2 rings (SSSR count). The average Bonchev–Trinajstić information content (AvgIpc) is 2.66. The fraction of sp³-hybridized carbons (Fsp3) is 0.462. The summed E-state index contributed by atoms with van der Waals surface area (Å²) in [6.45, 7) is 13.0. The van der Waals surface area contributed by atoms with Gasteiger partial charge in [0.05, 0.1) is 0 Å². The first-order valence-electron chi connectivity index (χ1n) is 10.4. The largest absolute Gasteiger partial charge is 0.0958 e. The van der Waals surface area contributed by atoms with Crippen molar-refractivity contribution in [1.29, 1.82) is 0 Å². The molecule has 0 bridgehead atoms. The molecule has 0 unspecified atom stereocenters. The van der Waals surface area contributed by atoms with Crippen molar-refractivity contribution in [2.45, 2.75) is 72.6 Å². The molecule has 1 saturated carbocycles. The van der Waals surface area contributed by atoms with E-state index in [1.165, 1.54) is 65.5 Å². The number of allylic oxidation sites excluding steroid dienone is 7. The van der Waals surface area contributed by atoms with E-state index in [9.17, 15) is 0 Å². The highest BCUT2D eigenvalue weighted by molar-refractivity contribution is 5.76. The maximum Gasteiger partial charge on any atom is -0.0159 e. The molecular weight excluding hydrogens is 312 g/mol. The molecular formula is C26H36. The van der Waals surface area contributed by atoms with E-state index in [1.807, 2.05) is 0 Å². The minimum Gasteiger partial charge on any atom is -0.0958 e. The van der Waals surface area contributed by atoms with E-state index in [-0.39, 0.29) is 0 Å². The predicted molar refractivity (Wildman–Crippen MR) is 117 cm³/mol. The number of hydrogen-bond donors (Lipinski definition) is 0. The second kappa shape index (κ2) is 10.4. The highest BCUT2D eigenvalue weighted by atomic mass is 14.2. The molecule has 0 atom stereocenters. The van der Waals surface area contributed by atoms with Crippen LogP contribution in [0.15, 0.2) is 65.8 Å². The van der Waals surface area contributed by atoms with Gasteiger partial charge in [-0.1, -0.05) is 93.3 Å². The topological polar surface area (TPSA) is 0 Å². The number of rotatable bonds is 7. The maximum absolute atomic E-state index is 4.21. The molecule has 1 aliphatic carbocycles. The molecule has 0 radical (unpaired) electrons. The Hall–Kier alpha value is -1.82. The lowest BCUT2D eigenvalue weighted by atomic mass is 9.79. The Balaban J connectivity index is 2.45. The zero-order chi connectivity index (χ0) is 18.9. The van der Waals surface area contributed by atoms with Crippen molar-refractivity contribution in [2.24, 2.45) is 5.92 Å². The van der Waals surface area contributed by atoms with Crippen LogP contribution in [0.25, 0.3) is 5.57 Å². The van der Waals surface area contributed by atoms with Gasteiger partial charge in [-0.15, -0.1) is 0 Å². The van der Waals surface area contributed by atoms with E-state index in [0.29, 0.717) is 5.92 Å². The first kappa shape index (κ1) is 20.5. The van der Waals surface area contributed by atoms with Crippen LogP contribution >= 0.6 is 0 Å². The van der Waals surface area contributed by atoms with Crippen LogP contribution in [0.2, 0.25) is 0 Å². The van der Waals surface area contributed by atoms with Gasteiger partial charge in [-0.05, 0) is 67.7 Å². The first-order valence-corrected chi connectivity index (χ1v) is 10.4. The summed E-state index contributed by atoms with van der Waals surface area (Å²) in [6, 6.07) is 8.95. The van der Waals surface area contributed by atoms with Crippen LogP contribution in [0, 0.1) is 12.8 Å². The third-order valence-electron chi connectivity index (χ3n) is 5.50. The normalized spacial score (nSPS) is 17.5. The quantitative estimate of drug-likeness (QED) is 0.435. The van der Waals surface area contributed by atoms with Crippen molar-refractivity contribution in [3.05, 3.63) is 76.9 Å². The summed E-state index contributed by atoms with van der Waals surface area (Å²) >= 11 is 0. The van der Waals surface area contributed by atoms with E-state index >= 15 is 0 Å². The highest BCUT2D eigenvalue weighted by Gasteiger charge is 2.19. The van der Waals surface area contributed by atoms with Crippen molar-refractivity contribution in [2.75, 3.05) is 0 Å². The molecule has 0 aromatic heterocycles. The Bertz CT molecular complexity index is 673. The van der Waals surface area contributed by atoms with Crippen LogP contribution < -0.4 is 0 Å². The molecule has 1 fully saturated rings. The molecule has 0 N–H and O–H groups in total. The van der Waals surface area contributed by atoms with Gasteiger partial charge in [0, 0.05) is 0 Å². The first-order chi connectivity index (χ1) is 12.5. The fourth-order valence-electron chi connectivity index (χ4n) is 3.85. The minimum absolute atomic E-state index is 0.690. The summed E-state index contributed by atoms with van der Waals surface area (Å²) in [5.74, 6) is 0.690. The van der Waals surface area contributed by atoms with Gasteiger partial charge in [0.2, 0.25) is 0 Å². The fourth-order valence-corrected chi connectivity index (χ4v) is 3.85. The number of aryl methyl sites for hydroxylation is 1. The molecule has 0 aliphatic heterocycles. The molecule has 1 aliphatic rings. The Morgan fingerprint density at radius 1 is 1.04 bits per heavy atom. The van der Waals surface area contributed by atoms with Crippen molar-refractivity contribution in [1.82, 2.24) is 0 Å². The minimum atomic E-state index is 0.690. The molecule has 0 heteroatoms. The van der Waals surface area contributed by atoms with Gasteiger partial charge in [-0.3, -0.25) is 0 Å². The molecule has 1 aromatic rings. The molecule has 140 valence electrons. The molecule has 0 saturated heterocycles. The Kier molecular flexibility index (Phi) is 8.16. The van der Waals surface area contributed by atoms with Gasteiger partial charge in [0.15, 0.2) is 0 Å². The summed E-state index contributed by atoms with van der Waals surface area (Å²) in [5, 5.41) is 0. The molecule has 0 heterocycles. The molecule has 0 nitrogen and oxygen atoms in total. The lowest BCUT2D eigenvalue weighted by Gasteiger charge is -2.26. The predicted octanol–water partition coefficient (Wildman–Crippen LogP) is 8.21. The SMILES string of the molecule is C=C(/C=C(C)/C(=C\C(=C/CC)c1ccc(C)cc1)C1CCCCC1)CC. The van der Waals surface area contributed by atoms with Crippen LogP contribution in [0.4, 0.5) is 0 Å². The monoisotopic (exact) mass is 348 g/mol. The van der Waals surface area contributed by atoms with Gasteiger partial charge in [0.1, 0.15) is 0 Å².